The van der Waals surface area contributed by atoms with E-state index in [-0.39, 0.29) is 6.04 Å². The van der Waals surface area contributed by atoms with Crippen molar-refractivity contribution in [1.29, 1.82) is 0 Å². The van der Waals surface area contributed by atoms with Crippen molar-refractivity contribution in [2.45, 2.75) is 26.3 Å². The molecular formula is C9H18N2O. The van der Waals surface area contributed by atoms with Crippen molar-refractivity contribution in [2.75, 3.05) is 26.2 Å². The predicted molar refractivity (Wildman–Crippen MR) is 49.2 cm³/mol. The Morgan fingerprint density at radius 2 is 2.08 bits per heavy atom. The second-order valence-corrected chi connectivity index (χ2v) is 3.22. The lowest BCUT2D eigenvalue weighted by molar-refractivity contribution is -0.123. The van der Waals surface area contributed by atoms with Gasteiger partial charge in [0.25, 0.3) is 0 Å². The SMILES string of the molecule is CCN(CC)CC(=O)C1CCN1. The Bertz CT molecular complexity index is 151. The quantitative estimate of drug-likeness (QED) is 0.642. The van der Waals surface area contributed by atoms with Crippen molar-refractivity contribution in [3.63, 3.8) is 0 Å². The van der Waals surface area contributed by atoms with E-state index >= 15 is 0 Å². The average Bonchev–Trinajstić information content (AvgIpc) is 1.96. The van der Waals surface area contributed by atoms with Crippen LogP contribution in [0.3, 0.4) is 0 Å². The van der Waals surface area contributed by atoms with Gasteiger partial charge >= 0.3 is 0 Å². The molecule has 1 unspecified atom stereocenters. The molecule has 1 N–H and O–H groups in total. The summed E-state index contributed by atoms with van der Waals surface area (Å²) < 4.78 is 0. The van der Waals surface area contributed by atoms with E-state index < -0.39 is 0 Å². The third kappa shape index (κ3) is 2.29. The second-order valence-electron chi connectivity index (χ2n) is 3.22. The highest BCUT2D eigenvalue weighted by atomic mass is 16.1. The Morgan fingerprint density at radius 3 is 2.42 bits per heavy atom. The van der Waals surface area contributed by atoms with Crippen molar-refractivity contribution >= 4 is 5.78 Å². The highest BCUT2D eigenvalue weighted by Gasteiger charge is 2.24. The number of hydrogen-bond donors (Lipinski definition) is 1. The summed E-state index contributed by atoms with van der Waals surface area (Å²) in [6, 6.07) is 0.158. The summed E-state index contributed by atoms with van der Waals surface area (Å²) in [4.78, 5) is 13.6. The van der Waals surface area contributed by atoms with Crippen molar-refractivity contribution in [3.8, 4) is 0 Å². The van der Waals surface area contributed by atoms with Crippen LogP contribution in [0.2, 0.25) is 0 Å². The lowest BCUT2D eigenvalue weighted by Gasteiger charge is -2.28. The van der Waals surface area contributed by atoms with Crippen molar-refractivity contribution in [3.05, 3.63) is 0 Å². The van der Waals surface area contributed by atoms with Crippen LogP contribution in [0.15, 0.2) is 0 Å². The average molecular weight is 170 g/mol. The minimum Gasteiger partial charge on any atom is -0.307 e. The lowest BCUT2D eigenvalue weighted by Crippen LogP contribution is -2.51. The fourth-order valence-electron chi connectivity index (χ4n) is 1.34. The Labute approximate surface area is 74.1 Å². The molecule has 0 aromatic heterocycles. The van der Waals surface area contributed by atoms with E-state index in [1.165, 1.54) is 0 Å². The Morgan fingerprint density at radius 1 is 1.50 bits per heavy atom. The first-order chi connectivity index (χ1) is 5.77. The van der Waals surface area contributed by atoms with Gasteiger partial charge in [0.2, 0.25) is 0 Å². The van der Waals surface area contributed by atoms with Gasteiger partial charge in [-0.2, -0.15) is 0 Å². The van der Waals surface area contributed by atoms with Crippen molar-refractivity contribution < 1.29 is 4.79 Å². The summed E-state index contributed by atoms with van der Waals surface area (Å²) in [5.74, 6) is 0.352. The zero-order valence-corrected chi connectivity index (χ0v) is 7.97. The summed E-state index contributed by atoms with van der Waals surface area (Å²) in [7, 11) is 0. The highest BCUT2D eigenvalue weighted by Crippen LogP contribution is 2.04. The number of carbonyl (C=O) groups is 1. The third-order valence-corrected chi connectivity index (χ3v) is 2.49. The molecule has 0 aliphatic carbocycles. The molecule has 1 saturated heterocycles. The van der Waals surface area contributed by atoms with Gasteiger partial charge in [-0.3, -0.25) is 9.69 Å². The molecular weight excluding hydrogens is 152 g/mol. The van der Waals surface area contributed by atoms with Crippen LogP contribution in [0.4, 0.5) is 0 Å². The fraction of sp³-hybridized carbons (Fsp3) is 0.889. The zero-order valence-electron chi connectivity index (χ0n) is 7.97. The normalized spacial score (nSPS) is 22.4. The number of ketones is 1. The number of nitrogens with zero attached hydrogens (tertiary/aromatic N) is 1. The lowest BCUT2D eigenvalue weighted by atomic mass is 10.0. The maximum Gasteiger partial charge on any atom is 0.163 e. The molecule has 0 spiro atoms. The molecule has 1 atom stereocenters. The number of Topliss-reactive ketones (excluding diaryl/α,β-unsaturated/α-hetero) is 1. The van der Waals surface area contributed by atoms with E-state index in [2.05, 4.69) is 24.1 Å². The Hall–Kier alpha value is -0.410. The number of hydrogen-bond acceptors (Lipinski definition) is 3. The van der Waals surface area contributed by atoms with Crippen LogP contribution < -0.4 is 5.32 Å². The number of carbonyl (C=O) groups excluding carboxylic acids is 1. The summed E-state index contributed by atoms with van der Waals surface area (Å²) in [6.45, 7) is 7.74. The maximum absolute atomic E-state index is 11.4. The molecule has 0 bridgehead atoms. The molecule has 0 aromatic rings. The summed E-state index contributed by atoms with van der Waals surface area (Å²) in [5, 5.41) is 3.12. The van der Waals surface area contributed by atoms with Gasteiger partial charge in [-0.1, -0.05) is 13.8 Å². The van der Waals surface area contributed by atoms with Gasteiger partial charge in [0, 0.05) is 0 Å². The van der Waals surface area contributed by atoms with Crippen LogP contribution in [0.25, 0.3) is 0 Å². The summed E-state index contributed by atoms with van der Waals surface area (Å²) >= 11 is 0. The maximum atomic E-state index is 11.4. The summed E-state index contributed by atoms with van der Waals surface area (Å²) in [6.07, 6.45) is 1.03. The van der Waals surface area contributed by atoms with Crippen LogP contribution in [0.5, 0.6) is 0 Å². The number of nitrogens with one attached hydrogen (secondary N) is 1. The van der Waals surface area contributed by atoms with Crippen LogP contribution in [0.1, 0.15) is 20.3 Å². The molecule has 0 saturated carbocycles. The molecule has 3 heteroatoms. The van der Waals surface area contributed by atoms with Gasteiger partial charge in [-0.15, -0.1) is 0 Å². The fourth-order valence-corrected chi connectivity index (χ4v) is 1.34. The minimum atomic E-state index is 0.158. The van der Waals surface area contributed by atoms with Gasteiger partial charge in [0.05, 0.1) is 12.6 Å². The van der Waals surface area contributed by atoms with E-state index in [9.17, 15) is 4.79 Å². The van der Waals surface area contributed by atoms with E-state index in [0.717, 1.165) is 26.1 Å². The molecule has 12 heavy (non-hydrogen) atoms. The molecule has 3 nitrogen and oxygen atoms in total. The first-order valence-electron chi connectivity index (χ1n) is 4.76. The smallest absolute Gasteiger partial charge is 0.163 e. The van der Waals surface area contributed by atoms with Crippen molar-refractivity contribution in [1.82, 2.24) is 10.2 Å². The Balaban J connectivity index is 2.23. The first kappa shape index (κ1) is 9.68. The third-order valence-electron chi connectivity index (χ3n) is 2.49. The van der Waals surface area contributed by atoms with Gasteiger partial charge in [0.15, 0.2) is 5.78 Å². The Kier molecular flexibility index (Phi) is 3.69. The first-order valence-corrected chi connectivity index (χ1v) is 4.76. The molecule has 0 amide bonds. The standard InChI is InChI=1S/C9H18N2O/c1-3-11(4-2)7-9(12)8-5-6-10-8/h8,10H,3-7H2,1-2H3. The molecule has 1 fully saturated rings. The van der Waals surface area contributed by atoms with Gasteiger partial charge < -0.3 is 5.32 Å². The van der Waals surface area contributed by atoms with Crippen LogP contribution >= 0.6 is 0 Å². The topological polar surface area (TPSA) is 32.3 Å². The molecule has 70 valence electrons. The van der Waals surface area contributed by atoms with E-state index in [1.807, 2.05) is 0 Å². The molecule has 0 aromatic carbocycles. The van der Waals surface area contributed by atoms with E-state index in [4.69, 9.17) is 0 Å². The van der Waals surface area contributed by atoms with Gasteiger partial charge in [0.1, 0.15) is 0 Å². The molecule has 1 heterocycles. The van der Waals surface area contributed by atoms with Gasteiger partial charge in [-0.25, -0.2) is 0 Å². The second kappa shape index (κ2) is 4.58. The monoisotopic (exact) mass is 170 g/mol. The molecule has 1 rings (SSSR count). The molecule has 1 aliphatic heterocycles. The molecule has 1 aliphatic rings. The van der Waals surface area contributed by atoms with Gasteiger partial charge in [-0.05, 0) is 26.1 Å². The summed E-state index contributed by atoms with van der Waals surface area (Å²) in [5.41, 5.74) is 0. The minimum absolute atomic E-state index is 0.158. The van der Waals surface area contributed by atoms with Crippen molar-refractivity contribution in [2.24, 2.45) is 0 Å². The zero-order chi connectivity index (χ0) is 8.97. The highest BCUT2D eigenvalue weighted by molar-refractivity contribution is 5.86. The molecule has 0 radical (unpaired) electrons. The number of rotatable bonds is 5. The largest absolute Gasteiger partial charge is 0.307 e. The number of likely N-dealkylation sites (N-methyl/N-ethyl adjacent to an activating group) is 1. The van der Waals surface area contributed by atoms with Crippen LogP contribution in [-0.4, -0.2) is 42.9 Å². The van der Waals surface area contributed by atoms with Crippen LogP contribution in [-0.2, 0) is 4.79 Å². The van der Waals surface area contributed by atoms with Crippen LogP contribution in [0, 0.1) is 0 Å². The van der Waals surface area contributed by atoms with E-state index in [0.29, 0.717) is 12.3 Å². The van der Waals surface area contributed by atoms with E-state index in [1.54, 1.807) is 0 Å². The predicted octanol–water partition coefficient (Wildman–Crippen LogP) is 0.259.